The number of halogens is 1. The molecule has 0 fully saturated rings. The molecule has 0 radical (unpaired) electrons. The van der Waals surface area contributed by atoms with Gasteiger partial charge in [0.15, 0.2) is 5.65 Å². The summed E-state index contributed by atoms with van der Waals surface area (Å²) in [5.74, 6) is 0.958. The summed E-state index contributed by atoms with van der Waals surface area (Å²) < 4.78 is 27.7. The van der Waals surface area contributed by atoms with Crippen LogP contribution in [0, 0.1) is 12.7 Å². The molecule has 0 aliphatic rings. The zero-order valence-corrected chi connectivity index (χ0v) is 14.8. The second-order valence-electron chi connectivity index (χ2n) is 5.75. The number of nitrogens with one attached hydrogen (secondary N) is 1. The van der Waals surface area contributed by atoms with Crippen LogP contribution in [0.2, 0.25) is 0 Å². The highest BCUT2D eigenvalue weighted by atomic mass is 32.2. The van der Waals surface area contributed by atoms with E-state index in [2.05, 4.69) is 20.4 Å². The lowest BCUT2D eigenvalue weighted by molar-refractivity contribution is 0.595. The number of para-hydroxylation sites is 1. The number of aryl methyl sites for hydroxylation is 1. The molecular weight excluding hydrogens is 353 g/mol. The number of anilines is 1. The van der Waals surface area contributed by atoms with Crippen molar-refractivity contribution in [1.29, 1.82) is 0 Å². The molecule has 2 aromatic heterocycles. The van der Waals surface area contributed by atoms with Gasteiger partial charge in [-0.25, -0.2) is 14.4 Å². The maximum atomic E-state index is 13.7. The number of aromatic nitrogens is 4. The van der Waals surface area contributed by atoms with Crippen LogP contribution in [0.1, 0.15) is 5.82 Å². The molecule has 0 saturated heterocycles. The average molecular weight is 369 g/mol. The molecule has 4 aromatic rings. The monoisotopic (exact) mass is 369 g/mol. The van der Waals surface area contributed by atoms with Crippen LogP contribution in [0.4, 0.5) is 10.3 Å². The van der Waals surface area contributed by atoms with Crippen LogP contribution < -0.4 is 5.32 Å². The van der Waals surface area contributed by atoms with Crippen molar-refractivity contribution in [1.82, 2.24) is 19.6 Å². The third-order valence-corrected chi connectivity index (χ3v) is 5.33. The van der Waals surface area contributed by atoms with Crippen LogP contribution in [0.3, 0.4) is 0 Å². The highest BCUT2D eigenvalue weighted by molar-refractivity contribution is 7.85. The molecule has 1 N–H and O–H groups in total. The predicted octanol–water partition coefficient (Wildman–Crippen LogP) is 2.94. The Bertz CT molecular complexity index is 1130. The van der Waals surface area contributed by atoms with Gasteiger partial charge in [0.2, 0.25) is 5.95 Å². The molecular formula is C18H16FN5OS. The van der Waals surface area contributed by atoms with Gasteiger partial charge in [-0.3, -0.25) is 4.21 Å². The number of benzene rings is 2. The fourth-order valence-corrected chi connectivity index (χ4v) is 3.79. The van der Waals surface area contributed by atoms with Gasteiger partial charge in [-0.1, -0.05) is 24.3 Å². The molecule has 0 spiro atoms. The Labute approximate surface area is 151 Å². The Kier molecular flexibility index (Phi) is 4.34. The van der Waals surface area contributed by atoms with E-state index < -0.39 is 16.6 Å². The third kappa shape index (κ3) is 3.03. The van der Waals surface area contributed by atoms with Gasteiger partial charge in [0.05, 0.1) is 21.2 Å². The van der Waals surface area contributed by atoms with E-state index in [1.807, 2.05) is 31.2 Å². The number of hydrogen-bond acceptors (Lipinski definition) is 5. The van der Waals surface area contributed by atoms with E-state index in [0.717, 1.165) is 10.9 Å². The molecule has 2 aromatic carbocycles. The first-order chi connectivity index (χ1) is 12.6. The van der Waals surface area contributed by atoms with Crippen molar-refractivity contribution < 1.29 is 8.60 Å². The van der Waals surface area contributed by atoms with E-state index >= 15 is 0 Å². The summed E-state index contributed by atoms with van der Waals surface area (Å²) in [4.78, 5) is 9.26. The van der Waals surface area contributed by atoms with Crippen molar-refractivity contribution in [3.8, 4) is 0 Å². The number of rotatable bonds is 5. The summed E-state index contributed by atoms with van der Waals surface area (Å²) in [5, 5.41) is 8.44. The number of hydrogen-bond donors (Lipinski definition) is 1. The van der Waals surface area contributed by atoms with Gasteiger partial charge >= 0.3 is 0 Å². The largest absolute Gasteiger partial charge is 0.353 e. The van der Waals surface area contributed by atoms with Crippen molar-refractivity contribution in [2.75, 3.05) is 17.6 Å². The molecule has 0 amide bonds. The third-order valence-electron chi connectivity index (χ3n) is 3.94. The van der Waals surface area contributed by atoms with Crippen LogP contribution in [0.15, 0.2) is 53.4 Å². The van der Waals surface area contributed by atoms with Gasteiger partial charge in [-0.05, 0) is 31.2 Å². The van der Waals surface area contributed by atoms with E-state index in [4.69, 9.17) is 0 Å². The first-order valence-electron chi connectivity index (χ1n) is 8.12. The van der Waals surface area contributed by atoms with Gasteiger partial charge in [-0.2, -0.15) is 4.52 Å². The smallest absolute Gasteiger partial charge is 0.226 e. The summed E-state index contributed by atoms with van der Waals surface area (Å²) in [5.41, 5.74) is 1.51. The Balaban J connectivity index is 1.59. The second-order valence-corrected chi connectivity index (χ2v) is 7.29. The molecule has 1 unspecified atom stereocenters. The molecule has 26 heavy (non-hydrogen) atoms. The SMILES string of the molecule is Cc1nc2c3ccccc3nc(NCCS(=O)c3ccccc3F)n2n1. The van der Waals surface area contributed by atoms with Crippen LogP contribution in [-0.4, -0.2) is 36.1 Å². The molecule has 0 bridgehead atoms. The summed E-state index contributed by atoms with van der Waals surface area (Å²) in [7, 11) is -1.43. The van der Waals surface area contributed by atoms with Crippen LogP contribution >= 0.6 is 0 Å². The topological polar surface area (TPSA) is 72.2 Å². The van der Waals surface area contributed by atoms with Gasteiger partial charge in [-0.15, -0.1) is 5.10 Å². The van der Waals surface area contributed by atoms with Gasteiger partial charge in [0.1, 0.15) is 11.6 Å². The molecule has 132 valence electrons. The first kappa shape index (κ1) is 16.6. The van der Waals surface area contributed by atoms with E-state index in [-0.39, 0.29) is 10.6 Å². The molecule has 6 nitrogen and oxygen atoms in total. The van der Waals surface area contributed by atoms with Crippen molar-refractivity contribution in [3.63, 3.8) is 0 Å². The fraction of sp³-hybridized carbons (Fsp3) is 0.167. The van der Waals surface area contributed by atoms with Gasteiger partial charge in [0, 0.05) is 17.7 Å². The normalized spacial score (nSPS) is 12.5. The van der Waals surface area contributed by atoms with E-state index in [0.29, 0.717) is 24.0 Å². The number of fused-ring (bicyclic) bond motifs is 3. The molecule has 0 aliphatic carbocycles. The van der Waals surface area contributed by atoms with Gasteiger partial charge < -0.3 is 5.32 Å². The molecule has 4 rings (SSSR count). The second kappa shape index (κ2) is 6.80. The molecule has 0 saturated carbocycles. The molecule has 0 aliphatic heterocycles. The highest BCUT2D eigenvalue weighted by Gasteiger charge is 2.13. The molecule has 1 atom stereocenters. The lowest BCUT2D eigenvalue weighted by Crippen LogP contribution is -2.15. The minimum absolute atomic E-state index is 0.211. The first-order valence-corrected chi connectivity index (χ1v) is 9.44. The summed E-state index contributed by atoms with van der Waals surface area (Å²) in [6.45, 7) is 2.18. The maximum Gasteiger partial charge on any atom is 0.226 e. The zero-order chi connectivity index (χ0) is 18.1. The molecule has 8 heteroatoms. The molecule has 2 heterocycles. The van der Waals surface area contributed by atoms with E-state index in [1.54, 1.807) is 22.7 Å². The number of nitrogens with zero attached hydrogens (tertiary/aromatic N) is 4. The zero-order valence-electron chi connectivity index (χ0n) is 14.0. The maximum absolute atomic E-state index is 13.7. The Hall–Kier alpha value is -2.87. The van der Waals surface area contributed by atoms with Crippen molar-refractivity contribution >= 4 is 33.3 Å². The highest BCUT2D eigenvalue weighted by Crippen LogP contribution is 2.20. The lowest BCUT2D eigenvalue weighted by Gasteiger charge is -2.09. The lowest BCUT2D eigenvalue weighted by atomic mass is 10.2. The van der Waals surface area contributed by atoms with Crippen molar-refractivity contribution in [2.24, 2.45) is 0 Å². The van der Waals surface area contributed by atoms with Crippen molar-refractivity contribution in [2.45, 2.75) is 11.8 Å². The minimum atomic E-state index is -1.43. The van der Waals surface area contributed by atoms with E-state index in [1.165, 1.54) is 6.07 Å². The Morgan fingerprint density at radius 1 is 1.12 bits per heavy atom. The van der Waals surface area contributed by atoms with Crippen LogP contribution in [0.5, 0.6) is 0 Å². The van der Waals surface area contributed by atoms with Crippen molar-refractivity contribution in [3.05, 3.63) is 60.2 Å². The minimum Gasteiger partial charge on any atom is -0.353 e. The summed E-state index contributed by atoms with van der Waals surface area (Å²) in [6, 6.07) is 13.8. The Morgan fingerprint density at radius 3 is 2.73 bits per heavy atom. The average Bonchev–Trinajstić information content (AvgIpc) is 3.04. The quantitative estimate of drug-likeness (QED) is 0.586. The Morgan fingerprint density at radius 2 is 1.88 bits per heavy atom. The predicted molar refractivity (Wildman–Crippen MR) is 99.2 cm³/mol. The van der Waals surface area contributed by atoms with Crippen LogP contribution in [-0.2, 0) is 10.8 Å². The standard InChI is InChI=1S/C18H16FN5OS/c1-12-21-17-13-6-2-4-8-15(13)22-18(24(17)23-12)20-10-11-26(25)16-9-5-3-7-14(16)19/h2-9H,10-11H2,1H3,(H,20,22). The fourth-order valence-electron chi connectivity index (χ4n) is 2.77. The van der Waals surface area contributed by atoms with Gasteiger partial charge in [0.25, 0.3) is 0 Å². The summed E-state index contributed by atoms with van der Waals surface area (Å²) >= 11 is 0. The van der Waals surface area contributed by atoms with Crippen LogP contribution in [0.25, 0.3) is 16.6 Å². The van der Waals surface area contributed by atoms with E-state index in [9.17, 15) is 8.60 Å². The summed E-state index contributed by atoms with van der Waals surface area (Å²) in [6.07, 6.45) is 0.